The van der Waals surface area contributed by atoms with E-state index >= 15 is 0 Å². The maximum Gasteiger partial charge on any atom is 0.251 e. The number of hydrogen-bond donors (Lipinski definition) is 1. The number of nitrogens with one attached hydrogen (secondary N) is 1. The minimum atomic E-state index is -0.0964. The van der Waals surface area contributed by atoms with Gasteiger partial charge in [0.2, 0.25) is 0 Å². The zero-order chi connectivity index (χ0) is 24.6. The van der Waals surface area contributed by atoms with Gasteiger partial charge in [0.1, 0.15) is 0 Å². The zero-order valence-corrected chi connectivity index (χ0v) is 20.9. The number of hydrogen-bond acceptors (Lipinski definition) is 3. The molecule has 3 heterocycles. The average molecular weight is 484 g/mol. The first-order valence-corrected chi connectivity index (χ1v) is 13.2. The standard InChI is InChI=1S/C30H33N3O3/c1-31-29(34)22-11-12-25-26(18-22)33-19-23(30(35)32-13-15-36-16-14-32)17-21-9-5-6-10-24(21)28(33)27(25)20-7-3-2-4-8-20/h5-6,9-12,17-18,20H,2-4,7-8,13-16,19H2,1H3,(H,31,34). The Morgan fingerprint density at radius 1 is 1.00 bits per heavy atom. The number of benzene rings is 2. The van der Waals surface area contributed by atoms with E-state index in [1.807, 2.05) is 17.0 Å². The van der Waals surface area contributed by atoms with Crippen LogP contribution in [-0.4, -0.2) is 54.6 Å². The van der Waals surface area contributed by atoms with Crippen LogP contribution in [0.4, 0.5) is 0 Å². The largest absolute Gasteiger partial charge is 0.378 e. The third-order valence-corrected chi connectivity index (χ3v) is 8.05. The Bertz CT molecular complexity index is 1360. The van der Waals surface area contributed by atoms with Crippen molar-refractivity contribution in [3.05, 3.63) is 64.7 Å². The minimum absolute atomic E-state index is 0.0736. The van der Waals surface area contributed by atoms with Gasteiger partial charge in [0, 0.05) is 47.7 Å². The van der Waals surface area contributed by atoms with Gasteiger partial charge in [0.15, 0.2) is 0 Å². The van der Waals surface area contributed by atoms with Crippen LogP contribution in [0.1, 0.15) is 59.5 Å². The van der Waals surface area contributed by atoms with E-state index in [9.17, 15) is 9.59 Å². The molecule has 186 valence electrons. The van der Waals surface area contributed by atoms with Crippen molar-refractivity contribution in [2.24, 2.45) is 0 Å². The van der Waals surface area contributed by atoms with E-state index in [2.05, 4.69) is 46.3 Å². The van der Waals surface area contributed by atoms with Crippen molar-refractivity contribution < 1.29 is 14.3 Å². The van der Waals surface area contributed by atoms with Gasteiger partial charge >= 0.3 is 0 Å². The molecule has 6 rings (SSSR count). The SMILES string of the molecule is CNC(=O)c1ccc2c(C3CCCCC3)c3n(c2c1)CC(C(=O)N1CCOCC1)=Cc1ccccc1-3. The van der Waals surface area contributed by atoms with E-state index in [-0.39, 0.29) is 11.8 Å². The summed E-state index contributed by atoms with van der Waals surface area (Å²) in [5, 5.41) is 3.97. The molecule has 3 aliphatic rings. The lowest BCUT2D eigenvalue weighted by Crippen LogP contribution is -2.41. The van der Waals surface area contributed by atoms with Crippen LogP contribution in [0.5, 0.6) is 0 Å². The molecule has 1 N–H and O–H groups in total. The summed E-state index contributed by atoms with van der Waals surface area (Å²) in [6, 6.07) is 14.5. The predicted molar refractivity (Wildman–Crippen MR) is 142 cm³/mol. The van der Waals surface area contributed by atoms with Crippen molar-refractivity contribution in [2.75, 3.05) is 33.4 Å². The molecule has 0 unspecified atom stereocenters. The van der Waals surface area contributed by atoms with Crippen molar-refractivity contribution in [1.82, 2.24) is 14.8 Å². The molecule has 1 saturated carbocycles. The summed E-state index contributed by atoms with van der Waals surface area (Å²) in [5.41, 5.74) is 7.30. The van der Waals surface area contributed by atoms with Crippen LogP contribution in [0.2, 0.25) is 0 Å². The molecule has 0 bridgehead atoms. The number of ether oxygens (including phenoxy) is 1. The normalized spacial score (nSPS) is 18.2. The number of rotatable bonds is 3. The van der Waals surface area contributed by atoms with E-state index in [1.54, 1.807) is 7.05 Å². The van der Waals surface area contributed by atoms with Crippen molar-refractivity contribution in [1.29, 1.82) is 0 Å². The van der Waals surface area contributed by atoms with Gasteiger partial charge in [0.25, 0.3) is 11.8 Å². The van der Waals surface area contributed by atoms with Crippen LogP contribution < -0.4 is 5.32 Å². The van der Waals surface area contributed by atoms with Crippen molar-refractivity contribution in [3.8, 4) is 11.3 Å². The molecule has 2 aliphatic heterocycles. The van der Waals surface area contributed by atoms with Crippen molar-refractivity contribution in [3.63, 3.8) is 0 Å². The number of aromatic nitrogens is 1. The number of nitrogens with zero attached hydrogens (tertiary/aromatic N) is 2. The first-order chi connectivity index (χ1) is 17.7. The van der Waals surface area contributed by atoms with Crippen LogP contribution in [-0.2, 0) is 16.1 Å². The maximum absolute atomic E-state index is 13.7. The molecule has 36 heavy (non-hydrogen) atoms. The van der Waals surface area contributed by atoms with Crippen LogP contribution in [0.25, 0.3) is 28.2 Å². The lowest BCUT2D eigenvalue weighted by Gasteiger charge is -2.28. The van der Waals surface area contributed by atoms with Gasteiger partial charge in [0.05, 0.1) is 25.5 Å². The third kappa shape index (κ3) is 3.94. The Hall–Kier alpha value is -3.38. The van der Waals surface area contributed by atoms with E-state index in [1.165, 1.54) is 54.3 Å². The Kier molecular flexibility index (Phi) is 6.13. The fraction of sp³-hybridized carbons (Fsp3) is 0.400. The summed E-state index contributed by atoms with van der Waals surface area (Å²) in [5.74, 6) is 0.457. The third-order valence-electron chi connectivity index (χ3n) is 8.05. The second-order valence-electron chi connectivity index (χ2n) is 10.2. The van der Waals surface area contributed by atoms with Gasteiger partial charge in [-0.2, -0.15) is 0 Å². The Morgan fingerprint density at radius 2 is 1.78 bits per heavy atom. The highest BCUT2D eigenvalue weighted by molar-refractivity contribution is 6.04. The lowest BCUT2D eigenvalue weighted by atomic mass is 9.81. The molecule has 2 amide bonds. The summed E-state index contributed by atoms with van der Waals surface area (Å²) in [4.78, 5) is 28.2. The number of amides is 2. The highest BCUT2D eigenvalue weighted by atomic mass is 16.5. The van der Waals surface area contributed by atoms with Gasteiger partial charge < -0.3 is 19.5 Å². The molecule has 1 aromatic heterocycles. The molecule has 0 spiro atoms. The second kappa shape index (κ2) is 9.58. The van der Waals surface area contributed by atoms with Gasteiger partial charge in [-0.05, 0) is 48.1 Å². The zero-order valence-electron chi connectivity index (χ0n) is 20.9. The van der Waals surface area contributed by atoms with Crippen LogP contribution in [0, 0.1) is 0 Å². The molecule has 0 radical (unpaired) electrons. The maximum atomic E-state index is 13.7. The van der Waals surface area contributed by atoms with Crippen LogP contribution in [0.3, 0.4) is 0 Å². The van der Waals surface area contributed by atoms with Gasteiger partial charge in [-0.3, -0.25) is 9.59 Å². The summed E-state index contributed by atoms with van der Waals surface area (Å²) >= 11 is 0. The minimum Gasteiger partial charge on any atom is -0.378 e. The van der Waals surface area contributed by atoms with E-state index in [0.29, 0.717) is 44.3 Å². The quantitative estimate of drug-likeness (QED) is 0.572. The summed E-state index contributed by atoms with van der Waals surface area (Å²) < 4.78 is 7.80. The van der Waals surface area contributed by atoms with Crippen LogP contribution >= 0.6 is 0 Å². The molecule has 1 aliphatic carbocycles. The fourth-order valence-corrected chi connectivity index (χ4v) is 6.26. The molecule has 0 atom stereocenters. The molecule has 6 nitrogen and oxygen atoms in total. The van der Waals surface area contributed by atoms with E-state index < -0.39 is 0 Å². The highest BCUT2D eigenvalue weighted by Gasteiger charge is 2.31. The van der Waals surface area contributed by atoms with Gasteiger partial charge in [-0.15, -0.1) is 0 Å². The lowest BCUT2D eigenvalue weighted by molar-refractivity contribution is -0.131. The molecule has 3 aromatic rings. The second-order valence-corrected chi connectivity index (χ2v) is 10.2. The molecular weight excluding hydrogens is 450 g/mol. The van der Waals surface area contributed by atoms with E-state index in [0.717, 1.165) is 16.7 Å². The van der Waals surface area contributed by atoms with E-state index in [4.69, 9.17) is 4.74 Å². The number of carbonyl (C=O) groups excluding carboxylic acids is 2. The average Bonchev–Trinajstić information content (AvgIpc) is 3.15. The topological polar surface area (TPSA) is 63.6 Å². The first-order valence-electron chi connectivity index (χ1n) is 13.2. The first kappa shape index (κ1) is 23.0. The highest BCUT2D eigenvalue weighted by Crippen LogP contribution is 2.46. The monoisotopic (exact) mass is 483 g/mol. The number of fused-ring (bicyclic) bond motifs is 5. The number of morpholine rings is 1. The van der Waals surface area contributed by atoms with Gasteiger partial charge in [-0.25, -0.2) is 0 Å². The smallest absolute Gasteiger partial charge is 0.251 e. The molecule has 2 fully saturated rings. The Balaban J connectivity index is 1.58. The Labute approximate surface area is 211 Å². The van der Waals surface area contributed by atoms with Crippen molar-refractivity contribution in [2.45, 2.75) is 44.6 Å². The fourth-order valence-electron chi connectivity index (χ4n) is 6.26. The number of carbonyl (C=O) groups is 2. The summed E-state index contributed by atoms with van der Waals surface area (Å²) in [6.45, 7) is 2.88. The predicted octanol–water partition coefficient (Wildman–Crippen LogP) is 4.97. The van der Waals surface area contributed by atoms with Gasteiger partial charge in [-0.1, -0.05) is 49.6 Å². The molecular formula is C30H33N3O3. The molecule has 1 saturated heterocycles. The summed E-state index contributed by atoms with van der Waals surface area (Å²) in [7, 11) is 1.66. The van der Waals surface area contributed by atoms with Crippen molar-refractivity contribution >= 4 is 28.8 Å². The van der Waals surface area contributed by atoms with Crippen LogP contribution in [0.15, 0.2) is 48.0 Å². The molecule has 2 aromatic carbocycles. The Morgan fingerprint density at radius 3 is 2.56 bits per heavy atom. The summed E-state index contributed by atoms with van der Waals surface area (Å²) in [6.07, 6.45) is 8.22. The molecule has 6 heteroatoms.